The van der Waals surface area contributed by atoms with E-state index in [0.29, 0.717) is 5.54 Å². The van der Waals surface area contributed by atoms with E-state index in [9.17, 15) is 0 Å². The Morgan fingerprint density at radius 2 is 1.81 bits per heavy atom. The molecule has 1 saturated carbocycles. The number of rotatable bonds is 2. The molecule has 0 spiro atoms. The van der Waals surface area contributed by atoms with Gasteiger partial charge in [-0.1, -0.05) is 26.2 Å². The topological polar surface area (TPSA) is 29.3 Å². The van der Waals surface area contributed by atoms with E-state index in [0.717, 1.165) is 12.5 Å². The summed E-state index contributed by atoms with van der Waals surface area (Å²) in [6.07, 6.45) is 11.1. The maximum absolute atomic E-state index is 6.14. The van der Waals surface area contributed by atoms with Crippen molar-refractivity contribution in [3.05, 3.63) is 0 Å². The van der Waals surface area contributed by atoms with Gasteiger partial charge in [0.25, 0.3) is 0 Å². The van der Waals surface area contributed by atoms with E-state index in [4.69, 9.17) is 5.73 Å². The first-order valence-electron chi connectivity index (χ1n) is 7.22. The van der Waals surface area contributed by atoms with Crippen molar-refractivity contribution < 1.29 is 0 Å². The molecule has 2 N–H and O–H groups in total. The molecule has 0 aromatic rings. The van der Waals surface area contributed by atoms with Crippen molar-refractivity contribution in [2.75, 3.05) is 19.6 Å². The Morgan fingerprint density at radius 3 is 2.50 bits per heavy atom. The van der Waals surface area contributed by atoms with Crippen LogP contribution in [0, 0.1) is 5.92 Å². The molecule has 2 heteroatoms. The van der Waals surface area contributed by atoms with E-state index in [-0.39, 0.29) is 0 Å². The molecular weight excluding hydrogens is 196 g/mol. The molecule has 1 saturated heterocycles. The summed E-state index contributed by atoms with van der Waals surface area (Å²) in [5.74, 6) is 0.915. The molecule has 2 fully saturated rings. The molecule has 0 aromatic heterocycles. The lowest BCUT2D eigenvalue weighted by Gasteiger charge is -2.45. The van der Waals surface area contributed by atoms with Gasteiger partial charge in [-0.15, -0.1) is 0 Å². The van der Waals surface area contributed by atoms with Crippen LogP contribution in [0.5, 0.6) is 0 Å². The summed E-state index contributed by atoms with van der Waals surface area (Å²) in [4.78, 5) is 2.73. The molecule has 1 aliphatic carbocycles. The quantitative estimate of drug-likeness (QED) is 0.731. The fraction of sp³-hybridized carbons (Fsp3) is 1.00. The van der Waals surface area contributed by atoms with Gasteiger partial charge in [-0.25, -0.2) is 0 Å². The average molecular weight is 224 g/mol. The third-order valence-corrected chi connectivity index (χ3v) is 4.85. The summed E-state index contributed by atoms with van der Waals surface area (Å²) in [7, 11) is 0. The van der Waals surface area contributed by atoms with Gasteiger partial charge in [-0.2, -0.15) is 0 Å². The first-order chi connectivity index (χ1) is 7.77. The Kier molecular flexibility index (Phi) is 4.26. The van der Waals surface area contributed by atoms with Crippen LogP contribution in [-0.2, 0) is 0 Å². The summed E-state index contributed by atoms with van der Waals surface area (Å²) in [5.41, 5.74) is 6.51. The zero-order valence-corrected chi connectivity index (χ0v) is 10.9. The first kappa shape index (κ1) is 12.4. The second kappa shape index (κ2) is 5.50. The second-order valence-corrected chi connectivity index (χ2v) is 6.01. The van der Waals surface area contributed by atoms with Crippen molar-refractivity contribution in [3.8, 4) is 0 Å². The van der Waals surface area contributed by atoms with Crippen molar-refractivity contribution in [1.82, 2.24) is 4.90 Å². The van der Waals surface area contributed by atoms with Crippen LogP contribution >= 0.6 is 0 Å². The van der Waals surface area contributed by atoms with Crippen LogP contribution in [0.4, 0.5) is 0 Å². The van der Waals surface area contributed by atoms with Gasteiger partial charge in [-0.05, 0) is 51.1 Å². The maximum atomic E-state index is 6.14. The van der Waals surface area contributed by atoms with Gasteiger partial charge in [0.05, 0.1) is 0 Å². The van der Waals surface area contributed by atoms with Crippen LogP contribution in [0.25, 0.3) is 0 Å². The van der Waals surface area contributed by atoms with Crippen molar-refractivity contribution in [1.29, 1.82) is 0 Å². The second-order valence-electron chi connectivity index (χ2n) is 6.01. The van der Waals surface area contributed by atoms with Gasteiger partial charge < -0.3 is 5.73 Å². The number of likely N-dealkylation sites (tertiary alicyclic amines) is 1. The lowest BCUT2D eigenvalue weighted by molar-refractivity contribution is 0.0579. The van der Waals surface area contributed by atoms with Gasteiger partial charge in [0.15, 0.2) is 0 Å². The van der Waals surface area contributed by atoms with Gasteiger partial charge in [0.2, 0.25) is 0 Å². The van der Waals surface area contributed by atoms with Crippen LogP contribution in [0.15, 0.2) is 0 Å². The average Bonchev–Trinajstić information content (AvgIpc) is 2.53. The molecule has 2 aliphatic rings. The standard InChI is InChI=1S/C14H28N2/c1-13-6-5-8-14(12-15,9-7-13)16-10-3-2-4-11-16/h13H,2-12,15H2,1H3. The molecule has 2 unspecified atom stereocenters. The third-order valence-electron chi connectivity index (χ3n) is 4.85. The van der Waals surface area contributed by atoms with Crippen LogP contribution in [0.1, 0.15) is 58.3 Å². The Balaban J connectivity index is 2.04. The number of nitrogens with two attached hydrogens (primary N) is 1. The molecule has 94 valence electrons. The van der Waals surface area contributed by atoms with Crippen LogP contribution < -0.4 is 5.73 Å². The van der Waals surface area contributed by atoms with Crippen LogP contribution in [-0.4, -0.2) is 30.1 Å². The van der Waals surface area contributed by atoms with Gasteiger partial charge in [-0.3, -0.25) is 4.90 Å². The van der Waals surface area contributed by atoms with E-state index in [1.807, 2.05) is 0 Å². The SMILES string of the molecule is CC1CCCC(CN)(N2CCCCC2)CC1. The molecule has 0 aromatic carbocycles. The molecule has 0 radical (unpaired) electrons. The van der Waals surface area contributed by atoms with Crippen molar-refractivity contribution in [2.45, 2.75) is 63.8 Å². The first-order valence-corrected chi connectivity index (χ1v) is 7.22. The molecule has 1 heterocycles. The van der Waals surface area contributed by atoms with E-state index < -0.39 is 0 Å². The highest BCUT2D eigenvalue weighted by Gasteiger charge is 2.37. The van der Waals surface area contributed by atoms with Gasteiger partial charge in [0, 0.05) is 12.1 Å². The molecule has 1 aliphatic heterocycles. The van der Waals surface area contributed by atoms with Crippen LogP contribution in [0.2, 0.25) is 0 Å². The maximum Gasteiger partial charge on any atom is 0.0331 e. The molecule has 0 bridgehead atoms. The largest absolute Gasteiger partial charge is 0.329 e. The minimum Gasteiger partial charge on any atom is -0.329 e. The summed E-state index contributed by atoms with van der Waals surface area (Å²) in [6, 6.07) is 0. The number of piperidine rings is 1. The Bertz CT molecular complexity index is 211. The summed E-state index contributed by atoms with van der Waals surface area (Å²) in [5, 5.41) is 0. The normalized spacial score (nSPS) is 38.2. The lowest BCUT2D eigenvalue weighted by atomic mass is 9.86. The number of hydrogen-bond acceptors (Lipinski definition) is 2. The van der Waals surface area contributed by atoms with E-state index in [2.05, 4.69) is 11.8 Å². The van der Waals surface area contributed by atoms with E-state index in [1.54, 1.807) is 0 Å². The zero-order chi connectivity index (χ0) is 11.4. The summed E-state index contributed by atoms with van der Waals surface area (Å²) < 4.78 is 0. The smallest absolute Gasteiger partial charge is 0.0331 e. The fourth-order valence-electron chi connectivity index (χ4n) is 3.58. The zero-order valence-electron chi connectivity index (χ0n) is 10.9. The van der Waals surface area contributed by atoms with Gasteiger partial charge >= 0.3 is 0 Å². The predicted octanol–water partition coefficient (Wildman–Crippen LogP) is 2.77. The molecular formula is C14H28N2. The number of hydrogen-bond donors (Lipinski definition) is 1. The summed E-state index contributed by atoms with van der Waals surface area (Å²) in [6.45, 7) is 5.87. The summed E-state index contributed by atoms with van der Waals surface area (Å²) >= 11 is 0. The predicted molar refractivity (Wildman–Crippen MR) is 69.5 cm³/mol. The minimum absolute atomic E-state index is 0.366. The Labute approximate surface area is 101 Å². The monoisotopic (exact) mass is 224 g/mol. The highest BCUT2D eigenvalue weighted by atomic mass is 15.2. The highest BCUT2D eigenvalue weighted by molar-refractivity contribution is 4.94. The fourth-order valence-corrected chi connectivity index (χ4v) is 3.58. The van der Waals surface area contributed by atoms with Crippen LogP contribution in [0.3, 0.4) is 0 Å². The van der Waals surface area contributed by atoms with E-state index >= 15 is 0 Å². The molecule has 2 atom stereocenters. The molecule has 2 rings (SSSR count). The highest BCUT2D eigenvalue weighted by Crippen LogP contribution is 2.35. The third kappa shape index (κ3) is 2.60. The lowest BCUT2D eigenvalue weighted by Crippen LogP contribution is -2.55. The van der Waals surface area contributed by atoms with Gasteiger partial charge in [0.1, 0.15) is 0 Å². The molecule has 16 heavy (non-hydrogen) atoms. The van der Waals surface area contributed by atoms with Crippen molar-refractivity contribution >= 4 is 0 Å². The minimum atomic E-state index is 0.366. The molecule has 2 nitrogen and oxygen atoms in total. The number of nitrogens with zero attached hydrogens (tertiary/aromatic N) is 1. The van der Waals surface area contributed by atoms with Crippen molar-refractivity contribution in [2.24, 2.45) is 11.7 Å². The Hall–Kier alpha value is -0.0800. The Morgan fingerprint density at radius 1 is 1.06 bits per heavy atom. The van der Waals surface area contributed by atoms with E-state index in [1.165, 1.54) is 64.5 Å². The van der Waals surface area contributed by atoms with Crippen molar-refractivity contribution in [3.63, 3.8) is 0 Å². The molecule has 0 amide bonds.